The molecule has 0 saturated carbocycles. The molecule has 117 heavy (non-hydrogen) atoms. The quantitative estimate of drug-likeness (QED) is 0.0269. The van der Waals surface area contributed by atoms with Gasteiger partial charge in [-0.15, -0.1) is 0 Å². The molecule has 9 aromatic rings. The van der Waals surface area contributed by atoms with Crippen LogP contribution in [0.1, 0.15) is 365 Å². The third-order valence-electron chi connectivity index (χ3n) is 25.2. The predicted octanol–water partition coefficient (Wildman–Crippen LogP) is 31.0. The van der Waals surface area contributed by atoms with Crippen molar-refractivity contribution >= 4 is 70.8 Å². The summed E-state index contributed by atoms with van der Waals surface area (Å²) in [6.45, 7) is -1.48. The molecular weight excluding hydrogens is 1560 g/mol. The van der Waals surface area contributed by atoms with Crippen molar-refractivity contribution < 1.29 is 36.6 Å². The second-order valence-electron chi connectivity index (χ2n) is 33.9. The van der Waals surface area contributed by atoms with Crippen molar-refractivity contribution in [1.82, 2.24) is 4.98 Å². The first-order valence-corrected chi connectivity index (χ1v) is 53.6. The number of pyridine rings is 1. The molecule has 9 nitrogen and oxygen atoms in total. The molecule has 4 unspecified atom stereocenters. The Hall–Kier alpha value is -6.74. The van der Waals surface area contributed by atoms with Gasteiger partial charge in [0, 0.05) is 110 Å². The third-order valence-corrected chi connectivity index (χ3v) is 33.8. The van der Waals surface area contributed by atoms with E-state index in [0.717, 1.165) is 154 Å². The van der Waals surface area contributed by atoms with Gasteiger partial charge in [-0.2, -0.15) is 0 Å². The van der Waals surface area contributed by atoms with Crippen LogP contribution < -0.4 is 52.5 Å². The Kier molecular flexibility index (Phi) is 32.0. The number of ether oxygens (including phenoxy) is 2. The summed E-state index contributed by atoms with van der Waals surface area (Å²) >= 11 is 21.5. The number of hydrogen-bond donors (Lipinski definition) is 0. The molecule has 15 heteroatoms. The summed E-state index contributed by atoms with van der Waals surface area (Å²) in [7, 11) is 0. The summed E-state index contributed by atoms with van der Waals surface area (Å²) < 4.78 is 62.8. The molecule has 4 atom stereocenters. The molecule has 14 rings (SSSR count). The maximum atomic E-state index is 7.87. The van der Waals surface area contributed by atoms with Crippen molar-refractivity contribution in [3.63, 3.8) is 0 Å². The van der Waals surface area contributed by atoms with E-state index in [1.807, 2.05) is 67.0 Å². The minimum absolute atomic E-state index is 0.220. The van der Waals surface area contributed by atoms with Gasteiger partial charge in [0.2, 0.25) is 0 Å². The molecule has 622 valence electrons. The van der Waals surface area contributed by atoms with Crippen LogP contribution in [0.15, 0.2) is 188 Å². The molecule has 4 aliphatic heterocycles. The molecule has 0 saturated heterocycles. The smallest absolute Gasteiger partial charge is 0.319 e. The first kappa shape index (κ1) is 86.6. The maximum Gasteiger partial charge on any atom is 0.319 e. The van der Waals surface area contributed by atoms with E-state index in [2.05, 4.69) is 154 Å². The summed E-state index contributed by atoms with van der Waals surface area (Å²) in [5, 5.41) is 2.39. The average Bonchev–Trinajstić information content (AvgIpc) is 0.721. The lowest BCUT2D eigenvalue weighted by molar-refractivity contribution is -0.000539. The summed E-state index contributed by atoms with van der Waals surface area (Å²) in [4.78, 5) is 4.38. The van der Waals surface area contributed by atoms with Crippen LogP contribution in [0, 0.1) is 0 Å². The fourth-order valence-electron chi connectivity index (χ4n) is 18.5. The van der Waals surface area contributed by atoms with Crippen molar-refractivity contribution in [2.45, 2.75) is 314 Å². The fraction of sp³-hybridized carbons (Fsp3) is 0.480. The average molecular weight is 1690 g/mol. The van der Waals surface area contributed by atoms with Gasteiger partial charge >= 0.3 is 19.5 Å². The second kappa shape index (κ2) is 43.2. The van der Waals surface area contributed by atoms with Gasteiger partial charge in [-0.05, 0) is 145 Å². The molecule has 0 amide bonds. The first-order chi connectivity index (χ1) is 57.5. The van der Waals surface area contributed by atoms with Crippen LogP contribution in [0.5, 0.6) is 46.0 Å². The number of benzene rings is 8. The zero-order valence-electron chi connectivity index (χ0n) is 70.3. The van der Waals surface area contributed by atoms with Crippen LogP contribution >= 0.6 is 19.5 Å². The van der Waals surface area contributed by atoms with E-state index in [1.54, 1.807) is 0 Å². The highest BCUT2D eigenvalue weighted by Crippen LogP contribution is 2.65. The highest BCUT2D eigenvalue weighted by Gasteiger charge is 2.44. The molecule has 0 fully saturated rings. The Bertz CT molecular complexity index is 4580. The number of hydrogen-bond acceptors (Lipinski definition) is 12. The van der Waals surface area contributed by atoms with E-state index in [4.69, 9.17) is 72.0 Å². The number of unbranched alkanes of at least 4 members (excludes halogenated alkanes) is 32. The third kappa shape index (κ3) is 22.0. The topological polar surface area (TPSA) is 86.7 Å². The Morgan fingerprint density at radius 2 is 0.470 bits per heavy atom. The van der Waals surface area contributed by atoms with Crippen LogP contribution in [-0.2, 0) is 35.4 Å². The van der Waals surface area contributed by atoms with Crippen molar-refractivity contribution in [2.75, 3.05) is 0 Å². The molecule has 1 aromatic heterocycles. The van der Waals surface area contributed by atoms with E-state index in [9.17, 15) is 0 Å². The minimum Gasteiger partial charge on any atom is -0.450 e. The number of aromatic nitrogens is 1. The Labute approximate surface area is 717 Å². The fourth-order valence-corrected chi connectivity index (χ4v) is 25.9. The predicted molar refractivity (Wildman–Crippen MR) is 499 cm³/mol. The molecule has 8 bridgehead atoms. The lowest BCUT2D eigenvalue weighted by atomic mass is 9.76. The van der Waals surface area contributed by atoms with Crippen molar-refractivity contribution in [2.24, 2.45) is 0 Å². The van der Waals surface area contributed by atoms with Gasteiger partial charge in [0.05, 0.1) is 15.9 Å². The zero-order valence-corrected chi connectivity index (χ0v) is 75.5. The summed E-state index contributed by atoms with van der Waals surface area (Å²) in [6.07, 6.45) is 49.5. The van der Waals surface area contributed by atoms with Gasteiger partial charge in [0.15, 0.2) is 0 Å². The highest BCUT2D eigenvalue weighted by atomic mass is 32.5. The lowest BCUT2D eigenvalue weighted by Gasteiger charge is -2.39. The zero-order chi connectivity index (χ0) is 80.7. The van der Waals surface area contributed by atoms with Crippen LogP contribution in [0.25, 0.3) is 11.1 Å². The lowest BCUT2D eigenvalue weighted by Crippen LogP contribution is -2.24. The molecule has 8 aromatic carbocycles. The normalized spacial score (nSPS) is 20.5. The minimum atomic E-state index is -3.57. The van der Waals surface area contributed by atoms with Gasteiger partial charge in [-0.3, -0.25) is 4.98 Å². The van der Waals surface area contributed by atoms with Gasteiger partial charge in [-0.25, -0.2) is 0 Å². The standard InChI is InChI=1S/C102H128NO8P3S3/c1-5-9-13-17-21-25-29-33-46-56-82-86-68-88-83(57-47-34-30-26-22-18-14-10-6-2)90-70-92-85(59-49-36-32-28-24-20-16-12-8-4)93-71-91-84(58-48-35-31-27-23-19-15-11-7-3)89-69-87(82)95-73-97(89)107-113(116,80-52-42-38-43-53-80)109-99(91)75-101(93)111-114(117,81-54-44-39-45-55-81)110-100(92)74-98(90)108-112(115,79-50-40-37-41-51-79)106-96(88)72-94(86)104-102(105-95)78-62-60-76(61-63-78)77-64-66-103-67-65-77/h37-45,50-55,60-75,82-85,102H,5-36,46-49,56-59H2,1-4H3. The Morgan fingerprint density at radius 3 is 0.726 bits per heavy atom. The monoisotopic (exact) mass is 1680 g/mol. The number of rotatable bonds is 45. The summed E-state index contributed by atoms with van der Waals surface area (Å²) in [5.41, 5.74) is 11.7. The van der Waals surface area contributed by atoms with E-state index in [1.165, 1.54) is 180 Å². The van der Waals surface area contributed by atoms with Gasteiger partial charge in [0.25, 0.3) is 6.29 Å². The first-order valence-electron chi connectivity index (χ1n) is 45.7. The van der Waals surface area contributed by atoms with E-state index < -0.39 is 25.8 Å². The molecule has 5 heterocycles. The maximum absolute atomic E-state index is 7.87. The van der Waals surface area contributed by atoms with E-state index >= 15 is 0 Å². The molecule has 5 aliphatic rings. The highest BCUT2D eigenvalue weighted by molar-refractivity contribution is 8.14. The van der Waals surface area contributed by atoms with Gasteiger partial charge in [-0.1, -0.05) is 338 Å². The van der Waals surface area contributed by atoms with Gasteiger partial charge in [0.1, 0.15) is 46.0 Å². The number of nitrogens with zero attached hydrogens (tertiary/aromatic N) is 1. The van der Waals surface area contributed by atoms with Crippen LogP contribution in [-0.4, -0.2) is 4.98 Å². The Balaban J connectivity index is 1.06. The van der Waals surface area contributed by atoms with Gasteiger partial charge < -0.3 is 36.6 Å². The van der Waals surface area contributed by atoms with Crippen molar-refractivity contribution in [3.05, 3.63) is 238 Å². The Morgan fingerprint density at radius 1 is 0.248 bits per heavy atom. The van der Waals surface area contributed by atoms with Crippen molar-refractivity contribution in [1.29, 1.82) is 0 Å². The van der Waals surface area contributed by atoms with Crippen LogP contribution in [0.2, 0.25) is 0 Å². The SMILES string of the molecule is CCCCCCCCCCCC1c2cc3c4cc2OC(c2ccc(-c5ccncc5)cc2)Oc2cc5c(cc21)C(CCCCCCCCCCC)c1cc2c(cc1OP(=S)(c1ccccc1)O5)OP(=S)(c1ccccc1)Oc1cc(c(cc1C2CCCCCCCCCCC)C3CCCCCCCCCCC)OP(=S)(c1ccccc1)O4. The summed E-state index contributed by atoms with van der Waals surface area (Å²) in [6, 6.07) is 62.4. The molecule has 0 spiro atoms. The van der Waals surface area contributed by atoms with E-state index in [-0.39, 0.29) is 23.7 Å². The van der Waals surface area contributed by atoms with Crippen LogP contribution in [0.4, 0.5) is 0 Å². The molecule has 0 N–H and O–H groups in total. The molecule has 1 aliphatic carbocycles. The van der Waals surface area contributed by atoms with E-state index in [0.29, 0.717) is 46.0 Å². The summed E-state index contributed by atoms with van der Waals surface area (Å²) in [5.74, 6) is 4.46. The van der Waals surface area contributed by atoms with Crippen molar-refractivity contribution in [3.8, 4) is 57.1 Å². The molecular formula is C102H128NO8P3S3. The molecule has 0 radical (unpaired) electrons. The second-order valence-corrected chi connectivity index (χ2v) is 43.8. The largest absolute Gasteiger partial charge is 0.450 e. The van der Waals surface area contributed by atoms with Crippen LogP contribution in [0.3, 0.4) is 0 Å².